The van der Waals surface area contributed by atoms with Crippen molar-refractivity contribution in [2.24, 2.45) is 0 Å². The molecule has 1 aliphatic heterocycles. The van der Waals surface area contributed by atoms with Gasteiger partial charge in [-0.25, -0.2) is 0 Å². The molecule has 5 heteroatoms. The molecular weight excluding hydrogens is 284 g/mol. The lowest BCUT2D eigenvalue weighted by atomic mass is 10.1. The Morgan fingerprint density at radius 3 is 2.67 bits per heavy atom. The van der Waals surface area contributed by atoms with E-state index in [1.807, 2.05) is 45.0 Å². The van der Waals surface area contributed by atoms with Crippen LogP contribution in [0.2, 0.25) is 0 Å². The smallest absolute Gasteiger partial charge is 0.255 e. The third-order valence-corrected chi connectivity index (χ3v) is 4.76. The van der Waals surface area contributed by atoms with Crippen molar-refractivity contribution in [2.75, 3.05) is 11.6 Å². The zero-order chi connectivity index (χ0) is 15.4. The zero-order valence-corrected chi connectivity index (χ0v) is 13.6. The van der Waals surface area contributed by atoms with Gasteiger partial charge in [0.05, 0.1) is 5.88 Å². The second-order valence-corrected chi connectivity index (χ2v) is 6.47. The van der Waals surface area contributed by atoms with Crippen LogP contribution in [-0.4, -0.2) is 40.4 Å². The number of benzene rings is 1. The van der Waals surface area contributed by atoms with E-state index in [2.05, 4.69) is 5.32 Å². The van der Waals surface area contributed by atoms with Crippen LogP contribution in [0.15, 0.2) is 24.3 Å². The molecule has 1 aromatic carbocycles. The summed E-state index contributed by atoms with van der Waals surface area (Å²) < 4.78 is 0. The fourth-order valence-electron chi connectivity index (χ4n) is 2.16. The number of nitrogens with zero attached hydrogens (tertiary/aromatic N) is 1. The van der Waals surface area contributed by atoms with Gasteiger partial charge < -0.3 is 10.2 Å². The van der Waals surface area contributed by atoms with Gasteiger partial charge in [-0.2, -0.15) is 0 Å². The number of thioether (sulfide) groups is 1. The van der Waals surface area contributed by atoms with Crippen molar-refractivity contribution < 1.29 is 9.59 Å². The molecule has 0 spiro atoms. The molecular formula is C16H22N2O2S. The van der Waals surface area contributed by atoms with Crippen LogP contribution in [0.25, 0.3) is 0 Å². The predicted molar refractivity (Wildman–Crippen MR) is 86.4 cm³/mol. The average molecular weight is 306 g/mol. The number of carbonyl (C=O) groups is 2. The minimum absolute atomic E-state index is 0.0465. The molecule has 1 heterocycles. The molecule has 1 aromatic rings. The Morgan fingerprint density at radius 2 is 2.05 bits per heavy atom. The number of carbonyl (C=O) groups excluding carboxylic acids is 2. The van der Waals surface area contributed by atoms with E-state index >= 15 is 0 Å². The number of hydrogen-bond donors (Lipinski definition) is 1. The minimum atomic E-state index is -0.363. The maximum absolute atomic E-state index is 12.6. The molecule has 1 N–H and O–H groups in total. The monoisotopic (exact) mass is 306 g/mol. The van der Waals surface area contributed by atoms with Crippen LogP contribution in [0.5, 0.6) is 0 Å². The summed E-state index contributed by atoms with van der Waals surface area (Å²) in [6, 6.07) is 7.27. The van der Waals surface area contributed by atoms with Gasteiger partial charge in [0.1, 0.15) is 6.04 Å². The largest absolute Gasteiger partial charge is 0.352 e. The van der Waals surface area contributed by atoms with Crippen molar-refractivity contribution in [3.63, 3.8) is 0 Å². The molecule has 4 nitrogen and oxygen atoms in total. The van der Waals surface area contributed by atoms with E-state index in [9.17, 15) is 9.59 Å². The summed E-state index contributed by atoms with van der Waals surface area (Å²) in [5.41, 5.74) is 1.76. The summed E-state index contributed by atoms with van der Waals surface area (Å²) in [5, 5.41) is 2.97. The molecule has 21 heavy (non-hydrogen) atoms. The number of rotatable bonds is 4. The van der Waals surface area contributed by atoms with Crippen molar-refractivity contribution in [2.45, 2.75) is 39.3 Å². The van der Waals surface area contributed by atoms with E-state index in [4.69, 9.17) is 0 Å². The molecule has 0 aliphatic carbocycles. The molecule has 2 unspecified atom stereocenters. The van der Waals surface area contributed by atoms with Crippen molar-refractivity contribution in [1.82, 2.24) is 10.2 Å². The quantitative estimate of drug-likeness (QED) is 0.929. The van der Waals surface area contributed by atoms with Crippen LogP contribution >= 0.6 is 11.8 Å². The molecule has 0 saturated carbocycles. The first kappa shape index (κ1) is 15.9. The second-order valence-electron chi connectivity index (χ2n) is 5.47. The van der Waals surface area contributed by atoms with Crippen molar-refractivity contribution in [1.29, 1.82) is 0 Å². The van der Waals surface area contributed by atoms with Gasteiger partial charge in [0.25, 0.3) is 5.91 Å². The normalized spacial score (nSPS) is 19.4. The lowest BCUT2D eigenvalue weighted by Gasteiger charge is -2.24. The fraction of sp³-hybridized carbons (Fsp3) is 0.500. The van der Waals surface area contributed by atoms with Crippen molar-refractivity contribution in [3.05, 3.63) is 35.4 Å². The summed E-state index contributed by atoms with van der Waals surface area (Å²) in [4.78, 5) is 26.5. The van der Waals surface area contributed by atoms with Crippen LogP contribution in [0, 0.1) is 6.92 Å². The number of hydrogen-bond acceptors (Lipinski definition) is 3. The van der Waals surface area contributed by atoms with E-state index < -0.39 is 0 Å². The van der Waals surface area contributed by atoms with Crippen LogP contribution in [0.1, 0.15) is 36.2 Å². The lowest BCUT2D eigenvalue weighted by molar-refractivity contribution is -0.125. The molecule has 1 aliphatic rings. The topological polar surface area (TPSA) is 49.4 Å². The first-order valence-corrected chi connectivity index (χ1v) is 8.44. The standard InChI is InChI=1S/C16H22N2O2S/c1-4-12(3)17-15(19)14-9-21-10-18(14)16(20)13-7-5-11(2)6-8-13/h5-8,12,14H,4,9-10H2,1-3H3,(H,17,19). The number of nitrogens with one attached hydrogen (secondary N) is 1. The molecule has 0 aromatic heterocycles. The van der Waals surface area contributed by atoms with Crippen molar-refractivity contribution in [3.8, 4) is 0 Å². The molecule has 0 bridgehead atoms. The highest BCUT2D eigenvalue weighted by molar-refractivity contribution is 7.99. The highest BCUT2D eigenvalue weighted by Gasteiger charge is 2.35. The highest BCUT2D eigenvalue weighted by atomic mass is 32.2. The first-order chi connectivity index (χ1) is 10.0. The van der Waals surface area contributed by atoms with Gasteiger partial charge in [0, 0.05) is 17.4 Å². The summed E-state index contributed by atoms with van der Waals surface area (Å²) in [7, 11) is 0. The minimum Gasteiger partial charge on any atom is -0.352 e. The van der Waals surface area contributed by atoms with Gasteiger partial charge in [-0.1, -0.05) is 24.6 Å². The Labute approximate surface area is 130 Å². The molecule has 2 atom stereocenters. The zero-order valence-electron chi connectivity index (χ0n) is 12.8. The van der Waals surface area contributed by atoms with Gasteiger partial charge in [-0.3, -0.25) is 9.59 Å². The van der Waals surface area contributed by atoms with Gasteiger partial charge in [-0.05, 0) is 32.4 Å². The van der Waals surface area contributed by atoms with E-state index in [-0.39, 0.29) is 23.9 Å². The van der Waals surface area contributed by atoms with E-state index in [1.165, 1.54) is 0 Å². The maximum atomic E-state index is 12.6. The Hall–Kier alpha value is -1.49. The second kappa shape index (κ2) is 6.98. The summed E-state index contributed by atoms with van der Waals surface area (Å²) in [6.45, 7) is 6.00. The Kier molecular flexibility index (Phi) is 5.28. The summed E-state index contributed by atoms with van der Waals surface area (Å²) in [5.74, 6) is 1.13. The van der Waals surface area contributed by atoms with Crippen LogP contribution in [0.3, 0.4) is 0 Å². The summed E-state index contributed by atoms with van der Waals surface area (Å²) >= 11 is 1.62. The molecule has 1 fully saturated rings. The SMILES string of the molecule is CCC(C)NC(=O)C1CSCN1C(=O)c1ccc(C)cc1. The predicted octanol–water partition coefficient (Wildman–Crippen LogP) is 2.42. The fourth-order valence-corrected chi connectivity index (χ4v) is 3.32. The Bertz CT molecular complexity index is 516. The van der Waals surface area contributed by atoms with Gasteiger partial charge in [-0.15, -0.1) is 11.8 Å². The first-order valence-electron chi connectivity index (χ1n) is 7.28. The van der Waals surface area contributed by atoms with Crippen LogP contribution in [-0.2, 0) is 4.79 Å². The number of aryl methyl sites for hydroxylation is 1. The summed E-state index contributed by atoms with van der Waals surface area (Å²) in [6.07, 6.45) is 0.886. The van der Waals surface area contributed by atoms with Crippen LogP contribution < -0.4 is 5.32 Å². The van der Waals surface area contributed by atoms with Gasteiger partial charge >= 0.3 is 0 Å². The molecule has 0 radical (unpaired) electrons. The third-order valence-electron chi connectivity index (χ3n) is 3.75. The lowest BCUT2D eigenvalue weighted by Crippen LogP contribution is -2.49. The molecule has 2 amide bonds. The molecule has 2 rings (SSSR count). The Morgan fingerprint density at radius 1 is 1.38 bits per heavy atom. The molecule has 1 saturated heterocycles. The van der Waals surface area contributed by atoms with E-state index in [0.29, 0.717) is 17.2 Å². The van der Waals surface area contributed by atoms with E-state index in [1.54, 1.807) is 16.7 Å². The third kappa shape index (κ3) is 3.79. The maximum Gasteiger partial charge on any atom is 0.255 e. The Balaban J connectivity index is 2.09. The number of amides is 2. The van der Waals surface area contributed by atoms with Crippen LogP contribution in [0.4, 0.5) is 0 Å². The average Bonchev–Trinajstić information content (AvgIpc) is 2.96. The van der Waals surface area contributed by atoms with E-state index in [0.717, 1.165) is 12.0 Å². The van der Waals surface area contributed by atoms with Gasteiger partial charge in [0.15, 0.2) is 0 Å². The highest BCUT2D eigenvalue weighted by Crippen LogP contribution is 2.23. The van der Waals surface area contributed by atoms with Gasteiger partial charge in [0.2, 0.25) is 5.91 Å². The molecule has 114 valence electrons. The van der Waals surface area contributed by atoms with Crippen molar-refractivity contribution >= 4 is 23.6 Å².